The van der Waals surface area contributed by atoms with Gasteiger partial charge in [-0.25, -0.2) is 0 Å². The molecule has 1 N–H and O–H groups in total. The highest BCUT2D eigenvalue weighted by atomic mass is 15.1. The third kappa shape index (κ3) is 1.92. The minimum absolute atomic E-state index is 0.449. The lowest BCUT2D eigenvalue weighted by Gasteiger charge is -1.98. The van der Waals surface area contributed by atoms with Crippen LogP contribution < -0.4 is 0 Å². The summed E-state index contributed by atoms with van der Waals surface area (Å²) in [5.41, 5.74) is 3.05. The van der Waals surface area contributed by atoms with E-state index in [0.717, 1.165) is 16.7 Å². The van der Waals surface area contributed by atoms with Gasteiger partial charge in [0.05, 0.1) is 5.69 Å². The van der Waals surface area contributed by atoms with Crippen molar-refractivity contribution in [3.8, 4) is 0 Å². The predicted octanol–water partition coefficient (Wildman–Crippen LogP) is 3.11. The molecule has 0 fully saturated rings. The summed E-state index contributed by atoms with van der Waals surface area (Å²) in [6.07, 6.45) is 1.80. The Kier molecular flexibility index (Phi) is 3.63. The maximum absolute atomic E-state index is 4.27. The molecular weight excluding hydrogens is 174 g/mol. The summed E-state index contributed by atoms with van der Waals surface area (Å²) in [4.78, 5) is 4.27. The van der Waals surface area contributed by atoms with Gasteiger partial charge in [-0.15, -0.1) is 0 Å². The van der Waals surface area contributed by atoms with E-state index in [1.165, 1.54) is 0 Å². The molecule has 0 bridgehead atoms. The maximum atomic E-state index is 4.27. The van der Waals surface area contributed by atoms with Crippen LogP contribution >= 0.6 is 0 Å². The van der Waals surface area contributed by atoms with Crippen molar-refractivity contribution in [1.82, 2.24) is 15.2 Å². The van der Waals surface area contributed by atoms with Gasteiger partial charge in [0.15, 0.2) is 0 Å². The Hall–Kier alpha value is -1.38. The van der Waals surface area contributed by atoms with Gasteiger partial charge in [0, 0.05) is 6.20 Å². The Bertz CT molecular complexity index is 390. The first kappa shape index (κ1) is 10.7. The van der Waals surface area contributed by atoms with Crippen molar-refractivity contribution in [2.45, 2.75) is 33.6 Å². The van der Waals surface area contributed by atoms with E-state index in [0.29, 0.717) is 5.92 Å². The molecule has 2 heterocycles. The molecular formula is C11H17N3. The highest BCUT2D eigenvalue weighted by molar-refractivity contribution is 5.76. The second kappa shape index (κ2) is 4.74. The monoisotopic (exact) mass is 191 g/mol. The number of fused-ring (bicyclic) bond motifs is 1. The maximum Gasteiger partial charge on any atom is 0.111 e. The first-order chi connectivity index (χ1) is 6.79. The van der Waals surface area contributed by atoms with Gasteiger partial charge < -0.3 is 0 Å². The second-order valence-corrected chi connectivity index (χ2v) is 3.16. The average molecular weight is 191 g/mol. The van der Waals surface area contributed by atoms with Crippen molar-refractivity contribution in [3.63, 3.8) is 0 Å². The molecule has 2 rings (SSSR count). The fraction of sp³-hybridized carbons (Fsp3) is 0.455. The highest BCUT2D eigenvalue weighted by Crippen LogP contribution is 2.19. The van der Waals surface area contributed by atoms with Crippen molar-refractivity contribution in [3.05, 3.63) is 24.0 Å². The van der Waals surface area contributed by atoms with E-state index in [4.69, 9.17) is 0 Å². The van der Waals surface area contributed by atoms with E-state index in [9.17, 15) is 0 Å². The van der Waals surface area contributed by atoms with Gasteiger partial charge in [0.2, 0.25) is 0 Å². The molecule has 0 aliphatic carbocycles. The van der Waals surface area contributed by atoms with Crippen molar-refractivity contribution in [2.75, 3.05) is 0 Å². The molecule has 0 aromatic carbocycles. The Labute approximate surface area is 84.6 Å². The molecule has 14 heavy (non-hydrogen) atoms. The largest absolute Gasteiger partial charge is 0.279 e. The van der Waals surface area contributed by atoms with Crippen LogP contribution in [0.3, 0.4) is 0 Å². The lowest BCUT2D eigenvalue weighted by atomic mass is 10.1. The smallest absolute Gasteiger partial charge is 0.111 e. The van der Waals surface area contributed by atoms with E-state index >= 15 is 0 Å². The fourth-order valence-electron chi connectivity index (χ4n) is 1.27. The minimum Gasteiger partial charge on any atom is -0.279 e. The summed E-state index contributed by atoms with van der Waals surface area (Å²) in [7, 11) is 0. The third-order valence-electron chi connectivity index (χ3n) is 1.92. The van der Waals surface area contributed by atoms with Crippen LogP contribution in [-0.2, 0) is 0 Å². The number of rotatable bonds is 1. The van der Waals surface area contributed by atoms with Crippen molar-refractivity contribution in [1.29, 1.82) is 0 Å². The van der Waals surface area contributed by atoms with Gasteiger partial charge in [0.25, 0.3) is 0 Å². The molecule has 76 valence electrons. The van der Waals surface area contributed by atoms with Crippen LogP contribution in [0.25, 0.3) is 11.0 Å². The first-order valence-electron chi connectivity index (χ1n) is 5.08. The van der Waals surface area contributed by atoms with Gasteiger partial charge in [-0.2, -0.15) is 5.10 Å². The molecule has 0 unspecified atom stereocenters. The standard InChI is InChI=1S/C9H11N3.C2H6/c1-6(2)8-9-7(11-12-8)4-3-5-10-9;1-2/h3-6H,1-2H3,(H,11,12);1-2H3. The minimum atomic E-state index is 0.449. The summed E-state index contributed by atoms with van der Waals surface area (Å²) in [6, 6.07) is 3.86. The normalized spacial score (nSPS) is 10.1. The number of hydrogen-bond acceptors (Lipinski definition) is 2. The molecule has 0 radical (unpaired) electrons. The Morgan fingerprint density at radius 1 is 1.29 bits per heavy atom. The summed E-state index contributed by atoms with van der Waals surface area (Å²) in [6.45, 7) is 8.25. The van der Waals surface area contributed by atoms with Crippen LogP contribution in [0.5, 0.6) is 0 Å². The molecule has 3 heteroatoms. The molecule has 0 aliphatic rings. The molecule has 0 saturated carbocycles. The summed E-state index contributed by atoms with van der Waals surface area (Å²) >= 11 is 0. The summed E-state index contributed by atoms with van der Waals surface area (Å²) in [5.74, 6) is 0.449. The Morgan fingerprint density at radius 3 is 2.64 bits per heavy atom. The number of H-pyrrole nitrogens is 1. The van der Waals surface area contributed by atoms with Crippen LogP contribution in [0, 0.1) is 0 Å². The third-order valence-corrected chi connectivity index (χ3v) is 1.92. The van der Waals surface area contributed by atoms with Crippen LogP contribution in [0.2, 0.25) is 0 Å². The molecule has 0 spiro atoms. The molecule has 0 aliphatic heterocycles. The zero-order valence-electron chi connectivity index (χ0n) is 9.20. The van der Waals surface area contributed by atoms with Gasteiger partial charge >= 0.3 is 0 Å². The molecule has 2 aromatic rings. The highest BCUT2D eigenvalue weighted by Gasteiger charge is 2.08. The van der Waals surface area contributed by atoms with Gasteiger partial charge in [-0.05, 0) is 18.1 Å². The average Bonchev–Trinajstić information content (AvgIpc) is 2.64. The van der Waals surface area contributed by atoms with Crippen LogP contribution in [0.4, 0.5) is 0 Å². The predicted molar refractivity (Wildman–Crippen MR) is 59.3 cm³/mol. The van der Waals surface area contributed by atoms with Gasteiger partial charge in [-0.1, -0.05) is 27.7 Å². The summed E-state index contributed by atoms with van der Waals surface area (Å²) in [5, 5.41) is 7.15. The zero-order valence-corrected chi connectivity index (χ0v) is 9.20. The Balaban J connectivity index is 0.000000461. The number of nitrogens with one attached hydrogen (secondary N) is 1. The van der Waals surface area contributed by atoms with Crippen LogP contribution in [0.15, 0.2) is 18.3 Å². The zero-order chi connectivity index (χ0) is 10.6. The fourth-order valence-corrected chi connectivity index (χ4v) is 1.27. The molecule has 0 atom stereocenters. The molecule has 2 aromatic heterocycles. The number of pyridine rings is 1. The number of nitrogens with zero attached hydrogens (tertiary/aromatic N) is 2. The van der Waals surface area contributed by atoms with E-state index < -0.39 is 0 Å². The van der Waals surface area contributed by atoms with E-state index in [1.54, 1.807) is 6.20 Å². The second-order valence-electron chi connectivity index (χ2n) is 3.16. The van der Waals surface area contributed by atoms with E-state index in [1.807, 2.05) is 26.0 Å². The molecule has 0 amide bonds. The van der Waals surface area contributed by atoms with Gasteiger partial charge in [-0.3, -0.25) is 10.1 Å². The van der Waals surface area contributed by atoms with Crippen LogP contribution in [-0.4, -0.2) is 15.2 Å². The summed E-state index contributed by atoms with van der Waals surface area (Å²) < 4.78 is 0. The van der Waals surface area contributed by atoms with Crippen molar-refractivity contribution in [2.24, 2.45) is 0 Å². The van der Waals surface area contributed by atoms with Crippen molar-refractivity contribution >= 4 is 11.0 Å². The topological polar surface area (TPSA) is 41.6 Å². The number of hydrogen-bond donors (Lipinski definition) is 1. The van der Waals surface area contributed by atoms with Crippen molar-refractivity contribution < 1.29 is 0 Å². The van der Waals surface area contributed by atoms with E-state index in [-0.39, 0.29) is 0 Å². The first-order valence-corrected chi connectivity index (χ1v) is 5.08. The van der Waals surface area contributed by atoms with Gasteiger partial charge in [0.1, 0.15) is 11.0 Å². The SMILES string of the molecule is CC.CC(C)c1[nH]nc2cccnc12. The molecule has 0 saturated heterocycles. The lowest BCUT2D eigenvalue weighted by molar-refractivity contribution is 0.815. The van der Waals surface area contributed by atoms with E-state index in [2.05, 4.69) is 29.0 Å². The van der Waals surface area contributed by atoms with Crippen LogP contribution in [0.1, 0.15) is 39.3 Å². The molecule has 3 nitrogen and oxygen atoms in total. The quantitative estimate of drug-likeness (QED) is 0.752. The number of aromatic nitrogens is 3. The number of aromatic amines is 1. The Morgan fingerprint density at radius 2 is 2.00 bits per heavy atom. The lowest BCUT2D eigenvalue weighted by Crippen LogP contribution is -1.88.